The van der Waals surface area contributed by atoms with E-state index < -0.39 is 11.6 Å². The first-order chi connectivity index (χ1) is 17.9. The highest BCUT2D eigenvalue weighted by Gasteiger charge is 2.45. The van der Waals surface area contributed by atoms with Gasteiger partial charge in [0.25, 0.3) is 5.56 Å². The fourth-order valence-electron chi connectivity index (χ4n) is 5.26. The Morgan fingerprint density at radius 3 is 2.68 bits per heavy atom. The lowest BCUT2D eigenvalue weighted by molar-refractivity contribution is -0.172. The van der Waals surface area contributed by atoms with E-state index in [1.807, 2.05) is 61.5 Å². The first-order valence-electron chi connectivity index (χ1n) is 12.2. The molecule has 2 aliphatic rings. The van der Waals surface area contributed by atoms with E-state index in [0.29, 0.717) is 34.8 Å². The van der Waals surface area contributed by atoms with Crippen molar-refractivity contribution in [3.8, 4) is 11.4 Å². The molecule has 0 saturated carbocycles. The van der Waals surface area contributed by atoms with Gasteiger partial charge in [-0.15, -0.1) is 0 Å². The van der Waals surface area contributed by atoms with Crippen molar-refractivity contribution in [1.29, 1.82) is 0 Å². The molecule has 2 aliphatic heterocycles. The predicted molar refractivity (Wildman–Crippen MR) is 138 cm³/mol. The molecule has 186 valence electrons. The van der Waals surface area contributed by atoms with Crippen molar-refractivity contribution in [3.05, 3.63) is 98.8 Å². The summed E-state index contributed by atoms with van der Waals surface area (Å²) in [5.41, 5.74) is 3.73. The summed E-state index contributed by atoms with van der Waals surface area (Å²) in [6, 6.07) is 19.3. The highest BCUT2D eigenvalue weighted by Crippen LogP contribution is 2.40. The van der Waals surface area contributed by atoms with Gasteiger partial charge in [0.15, 0.2) is 5.60 Å². The summed E-state index contributed by atoms with van der Waals surface area (Å²) >= 11 is 0. The number of aromatic nitrogens is 2. The highest BCUT2D eigenvalue weighted by molar-refractivity contribution is 6.11. The van der Waals surface area contributed by atoms with Crippen molar-refractivity contribution in [2.24, 2.45) is 5.16 Å². The lowest BCUT2D eigenvalue weighted by Crippen LogP contribution is -2.44. The zero-order chi connectivity index (χ0) is 25.7. The molecule has 0 saturated heterocycles. The molecule has 4 heterocycles. The Bertz CT molecular complexity index is 1660. The average molecular weight is 496 g/mol. The molecule has 6 rings (SSSR count). The number of benzene rings is 2. The van der Waals surface area contributed by atoms with E-state index in [9.17, 15) is 14.7 Å². The van der Waals surface area contributed by atoms with Crippen LogP contribution in [0.5, 0.6) is 0 Å². The van der Waals surface area contributed by atoms with Crippen molar-refractivity contribution in [2.45, 2.75) is 45.6 Å². The highest BCUT2D eigenvalue weighted by atomic mass is 16.6. The fraction of sp³-hybridized carbons (Fsp3) is 0.241. The van der Waals surface area contributed by atoms with Gasteiger partial charge in [-0.2, -0.15) is 0 Å². The average Bonchev–Trinajstić information content (AvgIpc) is 3.28. The van der Waals surface area contributed by atoms with Crippen LogP contribution in [-0.4, -0.2) is 26.3 Å². The van der Waals surface area contributed by atoms with Crippen molar-refractivity contribution in [1.82, 2.24) is 9.55 Å². The number of rotatable bonds is 5. The van der Waals surface area contributed by atoms with Gasteiger partial charge in [0.05, 0.1) is 34.7 Å². The molecule has 8 heteroatoms. The molecule has 0 amide bonds. The number of para-hydroxylation sites is 1. The lowest BCUT2D eigenvalue weighted by atomic mass is 9.86. The van der Waals surface area contributed by atoms with Gasteiger partial charge in [-0.25, -0.2) is 9.78 Å². The minimum atomic E-state index is -1.87. The number of carbonyl (C=O) groups excluding carboxylic acids is 1. The number of aliphatic hydroxyl groups is 1. The quantitative estimate of drug-likeness (QED) is 0.224. The van der Waals surface area contributed by atoms with Crippen LogP contribution < -0.4 is 5.56 Å². The molecule has 0 aliphatic carbocycles. The molecule has 1 atom stereocenters. The Kier molecular flexibility index (Phi) is 5.42. The van der Waals surface area contributed by atoms with E-state index >= 15 is 0 Å². The maximum Gasteiger partial charge on any atom is 0.343 e. The van der Waals surface area contributed by atoms with Crippen LogP contribution in [0.25, 0.3) is 22.3 Å². The topological polar surface area (TPSA) is 103 Å². The minimum absolute atomic E-state index is 0.0928. The Hall–Kier alpha value is -4.30. The molecular weight excluding hydrogens is 470 g/mol. The first kappa shape index (κ1) is 23.1. The van der Waals surface area contributed by atoms with Crippen LogP contribution in [0.1, 0.15) is 48.1 Å². The first-order valence-corrected chi connectivity index (χ1v) is 12.2. The van der Waals surface area contributed by atoms with Gasteiger partial charge >= 0.3 is 5.97 Å². The second-order valence-corrected chi connectivity index (χ2v) is 9.37. The van der Waals surface area contributed by atoms with E-state index in [1.54, 1.807) is 17.6 Å². The van der Waals surface area contributed by atoms with Crippen LogP contribution in [0, 0.1) is 0 Å². The molecule has 2 aromatic carbocycles. The summed E-state index contributed by atoms with van der Waals surface area (Å²) in [5.74, 6) is -0.740. The molecule has 0 spiro atoms. The van der Waals surface area contributed by atoms with Crippen molar-refractivity contribution < 1.29 is 19.5 Å². The Morgan fingerprint density at radius 1 is 1.14 bits per heavy atom. The third kappa shape index (κ3) is 3.55. The van der Waals surface area contributed by atoms with Gasteiger partial charge < -0.3 is 19.2 Å². The Morgan fingerprint density at radius 2 is 1.89 bits per heavy atom. The number of carbonyl (C=O) groups is 1. The summed E-state index contributed by atoms with van der Waals surface area (Å²) in [5, 5.41) is 16.5. The second-order valence-electron chi connectivity index (χ2n) is 9.37. The zero-order valence-electron chi connectivity index (χ0n) is 20.5. The van der Waals surface area contributed by atoms with Crippen molar-refractivity contribution >= 4 is 22.6 Å². The molecule has 0 radical (unpaired) electrons. The number of cyclic esters (lactones) is 1. The third-order valence-electron chi connectivity index (χ3n) is 7.23. The summed E-state index contributed by atoms with van der Waals surface area (Å²) in [6.07, 6.45) is 0.0928. The van der Waals surface area contributed by atoms with Crippen LogP contribution >= 0.6 is 0 Å². The molecule has 4 aromatic rings. The number of fused-ring (bicyclic) bond motifs is 5. The molecule has 0 unspecified atom stereocenters. The fourth-order valence-corrected chi connectivity index (χ4v) is 5.26. The molecule has 2 aromatic heterocycles. The molecule has 37 heavy (non-hydrogen) atoms. The number of ether oxygens (including phenoxy) is 1. The summed E-state index contributed by atoms with van der Waals surface area (Å²) in [6.45, 7) is 4.02. The van der Waals surface area contributed by atoms with E-state index in [0.717, 1.165) is 27.6 Å². The SMILES string of the molecule is CC[C@@]1(O)C(=O)OCc2c1cc1n(c2=O)Cc2c-1nc1ccccc1c2/C(C)=N/OCc1ccccc1. The van der Waals surface area contributed by atoms with Gasteiger partial charge in [-0.1, -0.05) is 60.6 Å². The summed E-state index contributed by atoms with van der Waals surface area (Å²) in [4.78, 5) is 36.6. The van der Waals surface area contributed by atoms with Crippen LogP contribution in [-0.2, 0) is 39.7 Å². The van der Waals surface area contributed by atoms with Gasteiger partial charge in [-0.05, 0) is 31.0 Å². The number of oxime groups is 1. The van der Waals surface area contributed by atoms with Crippen LogP contribution in [0.4, 0.5) is 0 Å². The van der Waals surface area contributed by atoms with Crippen LogP contribution in [0.15, 0.2) is 70.6 Å². The molecule has 0 fully saturated rings. The predicted octanol–water partition coefficient (Wildman–Crippen LogP) is 4.02. The molecule has 1 N–H and O–H groups in total. The van der Waals surface area contributed by atoms with Gasteiger partial charge in [0.1, 0.15) is 13.2 Å². The second kappa shape index (κ2) is 8.67. The molecule has 0 bridgehead atoms. The van der Waals surface area contributed by atoms with Crippen LogP contribution in [0.2, 0.25) is 0 Å². The smallest absolute Gasteiger partial charge is 0.343 e. The maximum atomic E-state index is 13.6. The van der Waals surface area contributed by atoms with E-state index in [-0.39, 0.29) is 25.1 Å². The van der Waals surface area contributed by atoms with Crippen molar-refractivity contribution in [2.75, 3.05) is 0 Å². The maximum absolute atomic E-state index is 13.6. The van der Waals surface area contributed by atoms with E-state index in [4.69, 9.17) is 14.6 Å². The van der Waals surface area contributed by atoms with Crippen LogP contribution in [0.3, 0.4) is 0 Å². The molecular formula is C29H25N3O5. The van der Waals surface area contributed by atoms with E-state index in [2.05, 4.69) is 5.16 Å². The lowest BCUT2D eigenvalue weighted by Gasteiger charge is -2.31. The standard InChI is InChI=1S/C29H25N3O5/c1-3-29(35)22-13-24-26-20(14-32(24)27(33)21(22)16-36-28(29)34)25(19-11-7-8-12-23(19)30-26)17(2)31-37-15-18-9-5-4-6-10-18/h4-13,35H,3,14-16H2,1-2H3/b31-17+/t29-/m0/s1. The number of hydrogen-bond donors (Lipinski definition) is 1. The number of esters is 1. The summed E-state index contributed by atoms with van der Waals surface area (Å²) < 4.78 is 6.81. The van der Waals surface area contributed by atoms with Gasteiger partial charge in [0.2, 0.25) is 0 Å². The third-order valence-corrected chi connectivity index (χ3v) is 7.23. The number of nitrogens with zero attached hydrogens (tertiary/aromatic N) is 3. The number of hydrogen-bond acceptors (Lipinski definition) is 7. The normalized spacial score (nSPS) is 18.2. The molecule has 8 nitrogen and oxygen atoms in total. The number of pyridine rings is 2. The van der Waals surface area contributed by atoms with E-state index in [1.165, 1.54) is 0 Å². The monoisotopic (exact) mass is 495 g/mol. The van der Waals surface area contributed by atoms with Crippen molar-refractivity contribution in [3.63, 3.8) is 0 Å². The largest absolute Gasteiger partial charge is 0.458 e. The van der Waals surface area contributed by atoms with Gasteiger partial charge in [-0.3, -0.25) is 4.79 Å². The summed E-state index contributed by atoms with van der Waals surface area (Å²) in [7, 11) is 0. The van der Waals surface area contributed by atoms with Gasteiger partial charge in [0, 0.05) is 22.1 Å². The zero-order valence-corrected chi connectivity index (χ0v) is 20.5. The Balaban J connectivity index is 1.51. The minimum Gasteiger partial charge on any atom is -0.458 e. The Labute approximate surface area is 212 Å².